The fraction of sp³-hybridized carbons (Fsp3) is 0.333. The van der Waals surface area contributed by atoms with E-state index in [1.807, 2.05) is 31.2 Å². The molecule has 0 fully saturated rings. The number of nitrogens with one attached hydrogen (secondary N) is 1. The van der Waals surface area contributed by atoms with Gasteiger partial charge in [0.05, 0.1) is 7.11 Å². The molecule has 0 aliphatic carbocycles. The summed E-state index contributed by atoms with van der Waals surface area (Å²) in [5.41, 5.74) is 10.6. The Hall–Kier alpha value is -0.900. The Bertz CT molecular complexity index is 250. The van der Waals surface area contributed by atoms with Crippen molar-refractivity contribution in [3.8, 4) is 0 Å². The lowest BCUT2D eigenvalue weighted by atomic mass is 10.1. The molecule has 1 aromatic rings. The third-order valence-corrected chi connectivity index (χ3v) is 1.65. The second-order valence-electron chi connectivity index (χ2n) is 2.71. The Kier molecular flexibility index (Phi) is 3.22. The molecule has 66 valence electrons. The maximum absolute atomic E-state index is 5.74. The van der Waals surface area contributed by atoms with E-state index in [2.05, 4.69) is 5.48 Å². The van der Waals surface area contributed by atoms with Crippen molar-refractivity contribution >= 4 is 0 Å². The van der Waals surface area contributed by atoms with Crippen LogP contribution in [0.4, 0.5) is 0 Å². The summed E-state index contributed by atoms with van der Waals surface area (Å²) >= 11 is 0. The van der Waals surface area contributed by atoms with Crippen LogP contribution in [0.15, 0.2) is 24.3 Å². The smallest absolute Gasteiger partial charge is 0.104 e. The number of nitrogens with two attached hydrogens (primary N) is 1. The van der Waals surface area contributed by atoms with Crippen LogP contribution in [0.3, 0.4) is 0 Å². The first-order valence-electron chi connectivity index (χ1n) is 3.84. The third kappa shape index (κ3) is 2.30. The van der Waals surface area contributed by atoms with Crippen LogP contribution in [0.1, 0.15) is 17.3 Å². The van der Waals surface area contributed by atoms with Crippen molar-refractivity contribution < 1.29 is 4.84 Å². The quantitative estimate of drug-likeness (QED) is 0.522. The van der Waals surface area contributed by atoms with Crippen LogP contribution in [-0.2, 0) is 4.84 Å². The molecule has 1 aromatic carbocycles. The highest BCUT2D eigenvalue weighted by atomic mass is 16.6. The molecule has 1 unspecified atom stereocenters. The molecule has 0 heterocycles. The lowest BCUT2D eigenvalue weighted by Crippen LogP contribution is -2.27. The van der Waals surface area contributed by atoms with E-state index >= 15 is 0 Å². The van der Waals surface area contributed by atoms with Gasteiger partial charge >= 0.3 is 0 Å². The molecule has 0 aliphatic rings. The molecule has 0 radical (unpaired) electrons. The minimum Gasteiger partial charge on any atom is -0.310 e. The van der Waals surface area contributed by atoms with Crippen LogP contribution in [-0.4, -0.2) is 7.11 Å². The van der Waals surface area contributed by atoms with E-state index in [-0.39, 0.29) is 6.17 Å². The summed E-state index contributed by atoms with van der Waals surface area (Å²) < 4.78 is 0. The summed E-state index contributed by atoms with van der Waals surface area (Å²) in [6, 6.07) is 7.99. The van der Waals surface area contributed by atoms with Crippen molar-refractivity contribution in [2.75, 3.05) is 7.11 Å². The van der Waals surface area contributed by atoms with Gasteiger partial charge in [0.15, 0.2) is 0 Å². The van der Waals surface area contributed by atoms with Gasteiger partial charge in [0.25, 0.3) is 0 Å². The Balaban J connectivity index is 2.73. The first-order chi connectivity index (χ1) is 5.74. The number of hydrogen-bond acceptors (Lipinski definition) is 3. The van der Waals surface area contributed by atoms with Gasteiger partial charge in [-0.15, -0.1) is 0 Å². The third-order valence-electron chi connectivity index (χ3n) is 1.65. The van der Waals surface area contributed by atoms with E-state index in [0.717, 1.165) is 5.56 Å². The first-order valence-corrected chi connectivity index (χ1v) is 3.84. The summed E-state index contributed by atoms with van der Waals surface area (Å²) in [7, 11) is 1.55. The van der Waals surface area contributed by atoms with Gasteiger partial charge in [-0.2, -0.15) is 5.48 Å². The summed E-state index contributed by atoms with van der Waals surface area (Å²) in [5, 5.41) is 0. The number of hydrogen-bond donors (Lipinski definition) is 2. The van der Waals surface area contributed by atoms with E-state index in [4.69, 9.17) is 10.6 Å². The fourth-order valence-electron chi connectivity index (χ4n) is 1.06. The highest BCUT2D eigenvalue weighted by molar-refractivity contribution is 5.24. The van der Waals surface area contributed by atoms with Crippen molar-refractivity contribution in [3.05, 3.63) is 35.4 Å². The second-order valence-corrected chi connectivity index (χ2v) is 2.71. The molecular formula is C9H14N2O. The summed E-state index contributed by atoms with van der Waals surface area (Å²) in [5.74, 6) is 0. The first kappa shape index (κ1) is 9.19. The molecule has 0 amide bonds. The number of aryl methyl sites for hydroxylation is 1. The van der Waals surface area contributed by atoms with E-state index in [1.54, 1.807) is 7.11 Å². The van der Waals surface area contributed by atoms with Gasteiger partial charge in [-0.1, -0.05) is 29.8 Å². The zero-order valence-corrected chi connectivity index (χ0v) is 7.37. The standard InChI is InChI=1S/C9H14N2O/c1-7-4-3-5-8(6-7)9(10)11-12-2/h3-6,9,11H,10H2,1-2H3. The van der Waals surface area contributed by atoms with Crippen molar-refractivity contribution in [1.82, 2.24) is 5.48 Å². The molecule has 0 saturated carbocycles. The van der Waals surface area contributed by atoms with Crippen LogP contribution in [0.5, 0.6) is 0 Å². The zero-order valence-electron chi connectivity index (χ0n) is 7.37. The molecule has 12 heavy (non-hydrogen) atoms. The number of rotatable bonds is 3. The SMILES string of the molecule is CONC(N)c1cccc(C)c1. The Morgan fingerprint density at radius 1 is 1.50 bits per heavy atom. The highest BCUT2D eigenvalue weighted by Gasteiger charge is 2.02. The highest BCUT2D eigenvalue weighted by Crippen LogP contribution is 2.09. The van der Waals surface area contributed by atoms with Crippen molar-refractivity contribution in [3.63, 3.8) is 0 Å². The maximum Gasteiger partial charge on any atom is 0.104 e. The van der Waals surface area contributed by atoms with Crippen LogP contribution >= 0.6 is 0 Å². The normalized spacial score (nSPS) is 12.9. The zero-order chi connectivity index (χ0) is 8.97. The molecule has 1 rings (SSSR count). The molecule has 0 spiro atoms. The predicted molar refractivity (Wildman–Crippen MR) is 48.3 cm³/mol. The van der Waals surface area contributed by atoms with Crippen molar-refractivity contribution in [2.24, 2.45) is 5.73 Å². The van der Waals surface area contributed by atoms with Crippen LogP contribution in [0.25, 0.3) is 0 Å². The van der Waals surface area contributed by atoms with Crippen LogP contribution in [0.2, 0.25) is 0 Å². The van der Waals surface area contributed by atoms with Gasteiger partial charge in [0.2, 0.25) is 0 Å². The Morgan fingerprint density at radius 2 is 2.25 bits per heavy atom. The fourth-order valence-corrected chi connectivity index (χ4v) is 1.06. The van der Waals surface area contributed by atoms with E-state index in [1.165, 1.54) is 5.56 Å². The summed E-state index contributed by atoms with van der Waals surface area (Å²) in [4.78, 5) is 4.72. The van der Waals surface area contributed by atoms with E-state index < -0.39 is 0 Å². The maximum atomic E-state index is 5.74. The van der Waals surface area contributed by atoms with Gasteiger partial charge in [-0.05, 0) is 12.5 Å². The largest absolute Gasteiger partial charge is 0.310 e. The lowest BCUT2D eigenvalue weighted by Gasteiger charge is -2.12. The second kappa shape index (κ2) is 4.21. The lowest BCUT2D eigenvalue weighted by molar-refractivity contribution is 0.0623. The minimum absolute atomic E-state index is 0.255. The summed E-state index contributed by atoms with van der Waals surface area (Å²) in [6.45, 7) is 2.03. The van der Waals surface area contributed by atoms with Crippen molar-refractivity contribution in [1.29, 1.82) is 0 Å². The summed E-state index contributed by atoms with van der Waals surface area (Å²) in [6.07, 6.45) is -0.255. The Labute approximate surface area is 72.5 Å². The molecule has 3 N–H and O–H groups in total. The van der Waals surface area contributed by atoms with E-state index in [0.29, 0.717) is 0 Å². The molecule has 0 bridgehead atoms. The average Bonchev–Trinajstić information content (AvgIpc) is 2.05. The number of hydroxylamine groups is 1. The Morgan fingerprint density at radius 3 is 2.83 bits per heavy atom. The molecule has 3 nitrogen and oxygen atoms in total. The van der Waals surface area contributed by atoms with Gasteiger partial charge in [0, 0.05) is 0 Å². The molecule has 0 aliphatic heterocycles. The molecule has 3 heteroatoms. The van der Waals surface area contributed by atoms with Crippen LogP contribution < -0.4 is 11.2 Å². The van der Waals surface area contributed by atoms with Gasteiger partial charge in [-0.25, -0.2) is 0 Å². The molecule has 1 atom stereocenters. The monoisotopic (exact) mass is 166 g/mol. The molecular weight excluding hydrogens is 152 g/mol. The predicted octanol–water partition coefficient (Wildman–Crippen LogP) is 1.10. The van der Waals surface area contributed by atoms with E-state index in [9.17, 15) is 0 Å². The van der Waals surface area contributed by atoms with Gasteiger partial charge in [-0.3, -0.25) is 0 Å². The van der Waals surface area contributed by atoms with Crippen molar-refractivity contribution in [2.45, 2.75) is 13.1 Å². The molecule has 0 saturated heterocycles. The van der Waals surface area contributed by atoms with Crippen LogP contribution in [0, 0.1) is 6.92 Å². The number of benzene rings is 1. The van der Waals surface area contributed by atoms with Gasteiger partial charge < -0.3 is 10.6 Å². The molecule has 0 aromatic heterocycles. The minimum atomic E-state index is -0.255. The topological polar surface area (TPSA) is 47.3 Å². The average molecular weight is 166 g/mol. The van der Waals surface area contributed by atoms with Gasteiger partial charge in [0.1, 0.15) is 6.17 Å².